The number of nitrogens with one attached hydrogen (secondary N) is 1. The van der Waals surface area contributed by atoms with Crippen LogP contribution in [-0.2, 0) is 11.3 Å². The first-order valence-corrected chi connectivity index (χ1v) is 10.0. The van der Waals surface area contributed by atoms with Crippen molar-refractivity contribution in [3.63, 3.8) is 0 Å². The second-order valence-corrected chi connectivity index (χ2v) is 7.63. The van der Waals surface area contributed by atoms with Crippen LogP contribution in [0, 0.1) is 13.8 Å². The van der Waals surface area contributed by atoms with Gasteiger partial charge < -0.3 is 14.5 Å². The molecule has 0 radical (unpaired) electrons. The van der Waals surface area contributed by atoms with Crippen LogP contribution in [0.2, 0.25) is 5.02 Å². The molecule has 0 saturated carbocycles. The lowest BCUT2D eigenvalue weighted by atomic mass is 10.1. The molecule has 0 aliphatic rings. The van der Waals surface area contributed by atoms with E-state index in [2.05, 4.69) is 16.5 Å². The molecule has 2 aromatic heterocycles. The van der Waals surface area contributed by atoms with Gasteiger partial charge in [-0.25, -0.2) is 9.48 Å². The Hall–Kier alpha value is -3.58. The van der Waals surface area contributed by atoms with Gasteiger partial charge in [-0.15, -0.1) is 0 Å². The van der Waals surface area contributed by atoms with E-state index >= 15 is 0 Å². The maximum absolute atomic E-state index is 12.4. The minimum atomic E-state index is -0.460. The molecule has 8 heteroatoms. The van der Waals surface area contributed by atoms with E-state index in [0.29, 0.717) is 28.4 Å². The van der Waals surface area contributed by atoms with Crippen molar-refractivity contribution in [1.29, 1.82) is 0 Å². The van der Waals surface area contributed by atoms with E-state index in [1.807, 2.05) is 25.1 Å². The molecule has 0 unspecified atom stereocenters. The second kappa shape index (κ2) is 8.65. The van der Waals surface area contributed by atoms with Crippen LogP contribution in [0.15, 0.2) is 63.9 Å². The van der Waals surface area contributed by atoms with Crippen LogP contribution in [0.25, 0.3) is 11.0 Å². The topological polar surface area (TPSA) is 86.4 Å². The zero-order valence-corrected chi connectivity index (χ0v) is 17.8. The number of hydrogen-bond donors (Lipinski definition) is 1. The number of nitrogens with zero attached hydrogens (tertiary/aromatic N) is 2. The Morgan fingerprint density at radius 2 is 2.03 bits per heavy atom. The van der Waals surface area contributed by atoms with Crippen molar-refractivity contribution in [1.82, 2.24) is 9.78 Å². The number of hydrogen-bond acceptors (Lipinski definition) is 5. The smallest absolute Gasteiger partial charge is 0.336 e. The number of rotatable bonds is 6. The van der Waals surface area contributed by atoms with Crippen LogP contribution >= 0.6 is 11.6 Å². The fourth-order valence-corrected chi connectivity index (χ4v) is 3.52. The van der Waals surface area contributed by atoms with Gasteiger partial charge in [-0.05, 0) is 31.0 Å². The number of carbonyl (C=O) groups excluding carboxylic acids is 1. The first-order valence-electron chi connectivity index (χ1n) is 9.63. The minimum Gasteiger partial charge on any atom is -0.482 e. The number of fused-ring (bicyclic) bond motifs is 1. The van der Waals surface area contributed by atoms with E-state index in [0.717, 1.165) is 16.7 Å². The number of ether oxygens (including phenoxy) is 1. The summed E-state index contributed by atoms with van der Waals surface area (Å²) in [4.78, 5) is 24.0. The average Bonchev–Trinajstić information content (AvgIpc) is 3.13. The predicted octanol–water partition coefficient (Wildman–Crippen LogP) is 4.33. The maximum atomic E-state index is 12.4. The molecule has 0 atom stereocenters. The molecule has 2 aromatic carbocycles. The van der Waals surface area contributed by atoms with Gasteiger partial charge in [0.25, 0.3) is 5.91 Å². The number of anilines is 1. The zero-order valence-electron chi connectivity index (χ0n) is 17.0. The summed E-state index contributed by atoms with van der Waals surface area (Å²) >= 11 is 6.28. The second-order valence-electron chi connectivity index (χ2n) is 7.23. The molecular weight excluding hydrogens is 418 g/mol. The quantitative estimate of drug-likeness (QED) is 0.454. The van der Waals surface area contributed by atoms with Crippen LogP contribution in [0.1, 0.15) is 16.7 Å². The number of halogens is 1. The van der Waals surface area contributed by atoms with Gasteiger partial charge in [-0.2, -0.15) is 5.10 Å². The van der Waals surface area contributed by atoms with Crippen molar-refractivity contribution in [3.8, 4) is 5.75 Å². The Balaban J connectivity index is 1.44. The molecule has 0 spiro atoms. The lowest BCUT2D eigenvalue weighted by molar-refractivity contribution is -0.118. The summed E-state index contributed by atoms with van der Waals surface area (Å²) in [6.45, 7) is 4.08. The molecule has 4 rings (SSSR count). The van der Waals surface area contributed by atoms with Crippen molar-refractivity contribution in [2.45, 2.75) is 20.4 Å². The van der Waals surface area contributed by atoms with E-state index in [-0.39, 0.29) is 18.3 Å². The number of carbonyl (C=O) groups is 1. The van der Waals surface area contributed by atoms with E-state index in [1.165, 1.54) is 12.1 Å². The molecule has 0 fully saturated rings. The van der Waals surface area contributed by atoms with Crippen LogP contribution in [0.3, 0.4) is 0 Å². The van der Waals surface area contributed by atoms with Crippen LogP contribution in [0.4, 0.5) is 5.82 Å². The number of aromatic nitrogens is 2. The first kappa shape index (κ1) is 20.7. The lowest BCUT2D eigenvalue weighted by Crippen LogP contribution is -2.22. The molecule has 0 aliphatic heterocycles. The van der Waals surface area contributed by atoms with E-state index < -0.39 is 5.63 Å². The Morgan fingerprint density at radius 3 is 2.84 bits per heavy atom. The van der Waals surface area contributed by atoms with E-state index in [1.54, 1.807) is 29.9 Å². The standard InChI is InChI=1S/C23H20ClN3O4/c1-14-4-3-5-16(8-14)12-27-21(6-7-25-27)26-22(28)13-30-20-11-19-17(10-18(20)24)15(2)9-23(29)31-19/h3-11H,12-13H2,1-2H3,(H,26,28). The van der Waals surface area contributed by atoms with Crippen LogP contribution < -0.4 is 15.7 Å². The van der Waals surface area contributed by atoms with Gasteiger partial charge in [-0.3, -0.25) is 4.79 Å². The molecule has 0 bridgehead atoms. The summed E-state index contributed by atoms with van der Waals surface area (Å²) in [6.07, 6.45) is 1.62. The third-order valence-corrected chi connectivity index (χ3v) is 5.06. The van der Waals surface area contributed by atoms with Gasteiger partial charge in [0.2, 0.25) is 0 Å². The third-order valence-electron chi connectivity index (χ3n) is 4.76. The molecule has 0 aliphatic carbocycles. The van der Waals surface area contributed by atoms with Gasteiger partial charge in [0, 0.05) is 23.6 Å². The van der Waals surface area contributed by atoms with Crippen molar-refractivity contribution in [2.75, 3.05) is 11.9 Å². The monoisotopic (exact) mass is 437 g/mol. The molecule has 7 nitrogen and oxygen atoms in total. The highest BCUT2D eigenvalue weighted by molar-refractivity contribution is 6.32. The summed E-state index contributed by atoms with van der Waals surface area (Å²) in [6, 6.07) is 14.4. The fraction of sp³-hybridized carbons (Fsp3) is 0.174. The van der Waals surface area contributed by atoms with Crippen molar-refractivity contribution in [3.05, 3.63) is 86.9 Å². The van der Waals surface area contributed by atoms with Crippen molar-refractivity contribution < 1.29 is 13.9 Å². The van der Waals surface area contributed by atoms with Crippen LogP contribution in [0.5, 0.6) is 5.75 Å². The van der Waals surface area contributed by atoms with Gasteiger partial charge in [-0.1, -0.05) is 41.4 Å². The van der Waals surface area contributed by atoms with Gasteiger partial charge in [0.15, 0.2) is 6.61 Å². The highest BCUT2D eigenvalue weighted by Crippen LogP contribution is 2.31. The van der Waals surface area contributed by atoms with Gasteiger partial charge in [0.05, 0.1) is 17.8 Å². The fourth-order valence-electron chi connectivity index (χ4n) is 3.30. The average molecular weight is 438 g/mol. The number of amides is 1. The Bertz CT molecular complexity index is 1330. The molecule has 158 valence electrons. The highest BCUT2D eigenvalue weighted by atomic mass is 35.5. The lowest BCUT2D eigenvalue weighted by Gasteiger charge is -2.12. The molecule has 31 heavy (non-hydrogen) atoms. The van der Waals surface area contributed by atoms with Crippen LogP contribution in [-0.4, -0.2) is 22.3 Å². The van der Waals surface area contributed by atoms with E-state index in [9.17, 15) is 9.59 Å². The molecule has 1 amide bonds. The van der Waals surface area contributed by atoms with Crippen molar-refractivity contribution in [2.24, 2.45) is 0 Å². The van der Waals surface area contributed by atoms with Crippen molar-refractivity contribution >= 4 is 34.3 Å². The van der Waals surface area contributed by atoms with E-state index in [4.69, 9.17) is 20.8 Å². The Morgan fingerprint density at radius 1 is 1.19 bits per heavy atom. The predicted molar refractivity (Wildman–Crippen MR) is 119 cm³/mol. The maximum Gasteiger partial charge on any atom is 0.336 e. The van der Waals surface area contributed by atoms with Gasteiger partial charge in [0.1, 0.15) is 17.2 Å². The SMILES string of the molecule is Cc1cccc(Cn2nccc2NC(=O)COc2cc3oc(=O)cc(C)c3cc2Cl)c1. The summed E-state index contributed by atoms with van der Waals surface area (Å²) in [5.74, 6) is 0.445. The summed E-state index contributed by atoms with van der Waals surface area (Å²) in [7, 11) is 0. The summed E-state index contributed by atoms with van der Waals surface area (Å²) in [5, 5.41) is 8.10. The number of benzene rings is 2. The minimum absolute atomic E-state index is 0.256. The molecule has 1 N–H and O–H groups in total. The zero-order chi connectivity index (χ0) is 22.0. The summed E-state index contributed by atoms with van der Waals surface area (Å²) < 4.78 is 12.5. The molecule has 4 aromatic rings. The Labute approximate surface area is 183 Å². The molecule has 0 saturated heterocycles. The summed E-state index contributed by atoms with van der Waals surface area (Å²) in [5.41, 5.74) is 2.87. The largest absolute Gasteiger partial charge is 0.482 e. The number of aryl methyl sites for hydroxylation is 2. The Kier molecular flexibility index (Phi) is 5.77. The first-order chi connectivity index (χ1) is 14.9. The highest BCUT2D eigenvalue weighted by Gasteiger charge is 2.13. The molecular formula is C23H20ClN3O4. The molecule has 2 heterocycles. The van der Waals surface area contributed by atoms with Gasteiger partial charge >= 0.3 is 5.63 Å². The normalized spacial score (nSPS) is 10.9. The third kappa shape index (κ3) is 4.78.